The maximum absolute atomic E-state index is 11.6. The lowest BCUT2D eigenvalue weighted by atomic mass is 10.2. The minimum absolute atomic E-state index is 0.106. The van der Waals surface area contributed by atoms with Crippen LogP contribution in [0, 0.1) is 0 Å². The number of methoxy groups -OCH3 is 1. The molecular weight excluding hydrogens is 348 g/mol. The summed E-state index contributed by atoms with van der Waals surface area (Å²) < 4.78 is 11.5. The van der Waals surface area contributed by atoms with Crippen LogP contribution in [0.4, 0.5) is 0 Å². The van der Waals surface area contributed by atoms with Crippen molar-refractivity contribution in [2.24, 2.45) is 5.10 Å². The smallest absolute Gasteiger partial charge is 0.277 e. The third kappa shape index (κ3) is 4.89. The molecule has 0 aliphatic carbocycles. The molecule has 1 N–H and O–H groups in total. The zero-order chi connectivity index (χ0) is 15.8. The van der Waals surface area contributed by atoms with Crippen LogP contribution < -0.4 is 14.9 Å². The Bertz CT molecular complexity index is 657. The average Bonchev–Trinajstić information content (AvgIpc) is 2.55. The van der Waals surface area contributed by atoms with Crippen LogP contribution >= 0.6 is 15.9 Å². The van der Waals surface area contributed by atoms with E-state index in [1.54, 1.807) is 19.2 Å². The summed E-state index contributed by atoms with van der Waals surface area (Å²) in [5, 5.41) is 3.88. The van der Waals surface area contributed by atoms with Crippen molar-refractivity contribution in [2.75, 3.05) is 13.7 Å². The molecule has 0 aliphatic rings. The summed E-state index contributed by atoms with van der Waals surface area (Å²) in [6, 6.07) is 14.6. The number of carbonyl (C=O) groups is 1. The predicted octanol–water partition coefficient (Wildman–Crippen LogP) is 2.99. The molecule has 22 heavy (non-hydrogen) atoms. The Labute approximate surface area is 137 Å². The van der Waals surface area contributed by atoms with Gasteiger partial charge in [-0.05, 0) is 36.4 Å². The molecule has 0 aromatic heterocycles. The zero-order valence-electron chi connectivity index (χ0n) is 12.0. The molecular formula is C16H15BrN2O3. The van der Waals surface area contributed by atoms with Crippen LogP contribution in [0.2, 0.25) is 0 Å². The van der Waals surface area contributed by atoms with E-state index in [1.165, 1.54) is 6.21 Å². The van der Waals surface area contributed by atoms with Gasteiger partial charge in [0.05, 0.1) is 13.3 Å². The Hall–Kier alpha value is -2.34. The number of nitrogens with zero attached hydrogens (tertiary/aromatic N) is 1. The first kappa shape index (κ1) is 16.0. The molecule has 6 heteroatoms. The number of carbonyl (C=O) groups excluding carboxylic acids is 1. The molecule has 0 aliphatic heterocycles. The van der Waals surface area contributed by atoms with Crippen molar-refractivity contribution in [3.8, 4) is 11.5 Å². The number of hydrogen-bond donors (Lipinski definition) is 1. The predicted molar refractivity (Wildman–Crippen MR) is 88.4 cm³/mol. The number of benzene rings is 2. The van der Waals surface area contributed by atoms with Crippen molar-refractivity contribution >= 4 is 28.1 Å². The largest absolute Gasteiger partial charge is 0.496 e. The van der Waals surface area contributed by atoms with E-state index in [9.17, 15) is 4.79 Å². The molecule has 5 nitrogen and oxygen atoms in total. The highest BCUT2D eigenvalue weighted by Crippen LogP contribution is 2.16. The summed E-state index contributed by atoms with van der Waals surface area (Å²) in [5.41, 5.74) is 3.18. The lowest BCUT2D eigenvalue weighted by Gasteiger charge is -2.05. The Balaban J connectivity index is 1.82. The van der Waals surface area contributed by atoms with E-state index in [4.69, 9.17) is 9.47 Å². The number of amides is 1. The number of ether oxygens (including phenoxy) is 2. The number of rotatable bonds is 6. The van der Waals surface area contributed by atoms with Gasteiger partial charge >= 0.3 is 0 Å². The first-order valence-corrected chi connectivity index (χ1v) is 7.31. The Morgan fingerprint density at radius 3 is 2.68 bits per heavy atom. The molecule has 0 fully saturated rings. The summed E-state index contributed by atoms with van der Waals surface area (Å²) in [7, 11) is 1.58. The summed E-state index contributed by atoms with van der Waals surface area (Å²) >= 11 is 3.33. The number of hydrazone groups is 1. The van der Waals surface area contributed by atoms with E-state index >= 15 is 0 Å². The van der Waals surface area contributed by atoms with E-state index < -0.39 is 0 Å². The first-order valence-electron chi connectivity index (χ1n) is 6.52. The molecule has 0 atom stereocenters. The summed E-state index contributed by atoms with van der Waals surface area (Å²) in [6.45, 7) is -0.106. The molecule has 0 heterocycles. The highest BCUT2D eigenvalue weighted by Gasteiger charge is 2.02. The second-order valence-electron chi connectivity index (χ2n) is 4.28. The molecule has 2 aromatic carbocycles. The van der Waals surface area contributed by atoms with Crippen molar-refractivity contribution in [1.29, 1.82) is 0 Å². The van der Waals surface area contributed by atoms with Gasteiger partial charge in [0.15, 0.2) is 6.61 Å². The van der Waals surface area contributed by atoms with Gasteiger partial charge < -0.3 is 9.47 Å². The standard InChI is InChI=1S/C16H15BrN2O3/c1-21-15-5-3-2-4-12(15)10-18-19-16(20)11-22-14-8-6-13(17)7-9-14/h2-10H,11H2,1H3,(H,19,20). The molecule has 0 saturated carbocycles. The third-order valence-electron chi connectivity index (χ3n) is 2.72. The molecule has 2 aromatic rings. The van der Waals surface area contributed by atoms with Gasteiger partial charge in [-0.15, -0.1) is 0 Å². The molecule has 0 bridgehead atoms. The fourth-order valence-corrected chi connectivity index (χ4v) is 1.92. The average molecular weight is 363 g/mol. The van der Waals surface area contributed by atoms with E-state index in [0.29, 0.717) is 11.5 Å². The fraction of sp³-hybridized carbons (Fsp3) is 0.125. The van der Waals surface area contributed by atoms with Crippen LogP contribution in [0.3, 0.4) is 0 Å². The van der Waals surface area contributed by atoms with E-state index in [2.05, 4.69) is 26.5 Å². The lowest BCUT2D eigenvalue weighted by Crippen LogP contribution is -2.24. The van der Waals surface area contributed by atoms with Gasteiger partial charge in [-0.3, -0.25) is 4.79 Å². The third-order valence-corrected chi connectivity index (χ3v) is 3.24. The van der Waals surface area contributed by atoms with Crippen molar-refractivity contribution in [3.63, 3.8) is 0 Å². The van der Waals surface area contributed by atoms with Crippen molar-refractivity contribution in [3.05, 3.63) is 58.6 Å². The first-order chi connectivity index (χ1) is 10.7. The van der Waals surface area contributed by atoms with Crippen LogP contribution in [-0.4, -0.2) is 25.8 Å². The lowest BCUT2D eigenvalue weighted by molar-refractivity contribution is -0.123. The summed E-state index contributed by atoms with van der Waals surface area (Å²) in [4.78, 5) is 11.6. The monoisotopic (exact) mass is 362 g/mol. The van der Waals surface area contributed by atoms with E-state index in [0.717, 1.165) is 10.0 Å². The fourth-order valence-electron chi connectivity index (χ4n) is 1.66. The van der Waals surface area contributed by atoms with Crippen molar-refractivity contribution in [1.82, 2.24) is 5.43 Å². The Morgan fingerprint density at radius 1 is 1.23 bits per heavy atom. The number of hydrogen-bond acceptors (Lipinski definition) is 4. The SMILES string of the molecule is COc1ccccc1C=NNC(=O)COc1ccc(Br)cc1. The second-order valence-corrected chi connectivity index (χ2v) is 5.19. The summed E-state index contributed by atoms with van der Waals surface area (Å²) in [5.74, 6) is 0.965. The molecule has 114 valence electrons. The maximum atomic E-state index is 11.6. The van der Waals surface area contributed by atoms with Gasteiger partial charge in [-0.25, -0.2) is 5.43 Å². The quantitative estimate of drug-likeness (QED) is 0.634. The van der Waals surface area contributed by atoms with Gasteiger partial charge in [0.2, 0.25) is 0 Å². The summed E-state index contributed by atoms with van der Waals surface area (Å²) in [6.07, 6.45) is 1.52. The van der Waals surface area contributed by atoms with Gasteiger partial charge in [0.25, 0.3) is 5.91 Å². The van der Waals surface area contributed by atoms with E-state index in [-0.39, 0.29) is 12.5 Å². The van der Waals surface area contributed by atoms with Crippen molar-refractivity contribution < 1.29 is 14.3 Å². The Kier molecular flexibility index (Phi) is 5.97. The van der Waals surface area contributed by atoms with Gasteiger partial charge in [-0.2, -0.15) is 5.10 Å². The highest BCUT2D eigenvalue weighted by atomic mass is 79.9. The van der Waals surface area contributed by atoms with Crippen LogP contribution in [-0.2, 0) is 4.79 Å². The Morgan fingerprint density at radius 2 is 1.95 bits per heavy atom. The minimum Gasteiger partial charge on any atom is -0.496 e. The highest BCUT2D eigenvalue weighted by molar-refractivity contribution is 9.10. The number of halogens is 1. The molecule has 0 saturated heterocycles. The van der Waals surface area contributed by atoms with Crippen LogP contribution in [0.25, 0.3) is 0 Å². The van der Waals surface area contributed by atoms with Crippen LogP contribution in [0.15, 0.2) is 58.1 Å². The van der Waals surface area contributed by atoms with Crippen LogP contribution in [0.1, 0.15) is 5.56 Å². The van der Waals surface area contributed by atoms with Gasteiger partial charge in [-0.1, -0.05) is 28.1 Å². The molecule has 1 amide bonds. The molecule has 0 radical (unpaired) electrons. The van der Waals surface area contributed by atoms with Gasteiger partial charge in [0, 0.05) is 10.0 Å². The molecule has 0 spiro atoms. The van der Waals surface area contributed by atoms with Gasteiger partial charge in [0.1, 0.15) is 11.5 Å². The zero-order valence-corrected chi connectivity index (χ0v) is 13.5. The van der Waals surface area contributed by atoms with Crippen molar-refractivity contribution in [2.45, 2.75) is 0 Å². The topological polar surface area (TPSA) is 59.9 Å². The molecule has 0 unspecified atom stereocenters. The minimum atomic E-state index is -0.339. The van der Waals surface area contributed by atoms with Crippen LogP contribution in [0.5, 0.6) is 11.5 Å². The normalized spacial score (nSPS) is 10.5. The second kappa shape index (κ2) is 8.19. The number of nitrogens with one attached hydrogen (secondary N) is 1. The molecule has 2 rings (SSSR count). The van der Waals surface area contributed by atoms with E-state index in [1.807, 2.05) is 36.4 Å². The maximum Gasteiger partial charge on any atom is 0.277 e. The number of para-hydroxylation sites is 1.